The fourth-order valence-electron chi connectivity index (χ4n) is 4.44. The Morgan fingerprint density at radius 3 is 2.44 bits per heavy atom. The maximum absolute atomic E-state index is 13.9. The fourth-order valence-corrected chi connectivity index (χ4v) is 4.44. The Balaban J connectivity index is 1.78. The van der Waals surface area contributed by atoms with Gasteiger partial charge in [-0.1, -0.05) is 30.3 Å². The van der Waals surface area contributed by atoms with Crippen molar-refractivity contribution in [3.63, 3.8) is 0 Å². The molecule has 32 heavy (non-hydrogen) atoms. The number of carbonyl (C=O) groups excluding carboxylic acids is 1. The summed E-state index contributed by atoms with van der Waals surface area (Å²) in [5, 5.41) is 0. The van der Waals surface area contributed by atoms with Crippen LogP contribution in [0.15, 0.2) is 41.2 Å². The van der Waals surface area contributed by atoms with Gasteiger partial charge in [0.1, 0.15) is 11.9 Å². The minimum atomic E-state index is -4.57. The molecule has 4 rings (SSSR count). The highest BCUT2D eigenvalue weighted by Crippen LogP contribution is 2.35. The number of ketones is 1. The second-order valence-electron chi connectivity index (χ2n) is 8.31. The van der Waals surface area contributed by atoms with Gasteiger partial charge in [-0.05, 0) is 20.3 Å². The molecule has 1 saturated heterocycles. The Hall–Kier alpha value is -2.88. The minimum absolute atomic E-state index is 0.102. The summed E-state index contributed by atoms with van der Waals surface area (Å²) in [7, 11) is 0. The van der Waals surface area contributed by atoms with Gasteiger partial charge in [0.2, 0.25) is 5.95 Å². The van der Waals surface area contributed by atoms with Gasteiger partial charge in [-0.2, -0.15) is 18.2 Å². The molecule has 2 aliphatic heterocycles. The van der Waals surface area contributed by atoms with E-state index in [0.717, 1.165) is 4.90 Å². The van der Waals surface area contributed by atoms with Gasteiger partial charge < -0.3 is 14.5 Å². The Kier molecular flexibility index (Phi) is 5.98. The van der Waals surface area contributed by atoms with Crippen molar-refractivity contribution >= 4 is 17.5 Å². The van der Waals surface area contributed by atoms with Gasteiger partial charge in [-0.3, -0.25) is 14.2 Å². The number of alkyl halides is 3. The summed E-state index contributed by atoms with van der Waals surface area (Å²) >= 11 is 0. The third-order valence-electron chi connectivity index (χ3n) is 5.95. The maximum Gasteiger partial charge on any atom is 0.408 e. The van der Waals surface area contributed by atoms with Crippen molar-refractivity contribution in [2.75, 3.05) is 29.6 Å². The van der Waals surface area contributed by atoms with Crippen molar-refractivity contribution in [1.82, 2.24) is 9.55 Å². The number of Topliss-reactive ketones (excluding diaryl/α,β-unsaturated/α-hetero) is 1. The lowest BCUT2D eigenvalue weighted by Crippen LogP contribution is -2.55. The van der Waals surface area contributed by atoms with Crippen LogP contribution in [-0.4, -0.2) is 59.4 Å². The zero-order valence-electron chi connectivity index (χ0n) is 17.9. The molecule has 0 aliphatic carbocycles. The Bertz CT molecular complexity index is 1030. The molecule has 2 aliphatic rings. The quantitative estimate of drug-likeness (QED) is 0.668. The average Bonchev–Trinajstić information content (AvgIpc) is 2.74. The van der Waals surface area contributed by atoms with Crippen molar-refractivity contribution in [1.29, 1.82) is 0 Å². The number of carbonyl (C=O) groups is 1. The van der Waals surface area contributed by atoms with Crippen molar-refractivity contribution < 1.29 is 22.7 Å². The largest absolute Gasteiger partial charge is 0.408 e. The molecule has 1 aromatic heterocycles. The van der Waals surface area contributed by atoms with E-state index in [9.17, 15) is 22.8 Å². The molecule has 3 unspecified atom stereocenters. The molecule has 1 fully saturated rings. The molecule has 2 aromatic rings. The SMILES string of the molecule is CC1COCC(C)N1c1cc(=O)n2c(n1)N(CC(=O)c1ccccc1)C(C(F)(F)F)CC2. The molecule has 3 heterocycles. The third kappa shape index (κ3) is 4.23. The first-order valence-electron chi connectivity index (χ1n) is 10.6. The van der Waals surface area contributed by atoms with Crippen LogP contribution in [0.1, 0.15) is 30.6 Å². The molecule has 3 atom stereocenters. The predicted octanol–water partition coefficient (Wildman–Crippen LogP) is 2.88. The number of fused-ring (bicyclic) bond motifs is 1. The van der Waals surface area contributed by atoms with Gasteiger partial charge >= 0.3 is 6.18 Å². The molecule has 1 aromatic carbocycles. The summed E-state index contributed by atoms with van der Waals surface area (Å²) in [6.45, 7) is 4.01. The van der Waals surface area contributed by atoms with Gasteiger partial charge in [-0.15, -0.1) is 0 Å². The topological polar surface area (TPSA) is 67.7 Å². The van der Waals surface area contributed by atoms with Gasteiger partial charge in [0.25, 0.3) is 5.56 Å². The molecule has 0 radical (unpaired) electrons. The first kappa shape index (κ1) is 22.3. The molecular weight excluding hydrogens is 425 g/mol. The van der Waals surface area contributed by atoms with Crippen molar-refractivity contribution in [3.05, 3.63) is 52.3 Å². The predicted molar refractivity (Wildman–Crippen MR) is 113 cm³/mol. The summed E-state index contributed by atoms with van der Waals surface area (Å²) in [6.07, 6.45) is -4.90. The zero-order valence-corrected chi connectivity index (χ0v) is 17.9. The number of hydrogen-bond acceptors (Lipinski definition) is 6. The van der Waals surface area contributed by atoms with E-state index >= 15 is 0 Å². The monoisotopic (exact) mass is 450 g/mol. The summed E-state index contributed by atoms with van der Waals surface area (Å²) in [5.41, 5.74) is -0.131. The van der Waals surface area contributed by atoms with E-state index in [4.69, 9.17) is 4.74 Å². The fraction of sp³-hybridized carbons (Fsp3) is 0.500. The van der Waals surface area contributed by atoms with Crippen molar-refractivity contribution in [2.24, 2.45) is 0 Å². The van der Waals surface area contributed by atoms with Crippen LogP contribution in [0.4, 0.5) is 24.9 Å². The molecular formula is C22H25F3N4O3. The molecule has 10 heteroatoms. The number of anilines is 2. The van der Waals surface area contributed by atoms with Crippen LogP contribution in [0.25, 0.3) is 0 Å². The van der Waals surface area contributed by atoms with Crippen LogP contribution in [0.2, 0.25) is 0 Å². The number of benzene rings is 1. The van der Waals surface area contributed by atoms with Gasteiger partial charge in [0.15, 0.2) is 5.78 Å². The molecule has 7 nitrogen and oxygen atoms in total. The first-order chi connectivity index (χ1) is 15.2. The third-order valence-corrected chi connectivity index (χ3v) is 5.95. The van der Waals surface area contributed by atoms with Gasteiger partial charge in [0.05, 0.1) is 31.8 Å². The number of nitrogens with zero attached hydrogens (tertiary/aromatic N) is 4. The highest BCUT2D eigenvalue weighted by atomic mass is 19.4. The van der Waals surface area contributed by atoms with Crippen LogP contribution >= 0.6 is 0 Å². The number of aromatic nitrogens is 2. The summed E-state index contributed by atoms with van der Waals surface area (Å²) < 4.78 is 48.5. The lowest BCUT2D eigenvalue weighted by molar-refractivity contribution is -0.152. The van der Waals surface area contributed by atoms with Crippen molar-refractivity contribution in [2.45, 2.75) is 51.1 Å². The van der Waals surface area contributed by atoms with Gasteiger partial charge in [0, 0.05) is 18.2 Å². The molecule has 0 saturated carbocycles. The minimum Gasteiger partial charge on any atom is -0.377 e. The van der Waals surface area contributed by atoms with Crippen LogP contribution in [0, 0.1) is 0 Å². The maximum atomic E-state index is 13.9. The molecule has 0 spiro atoms. The highest BCUT2D eigenvalue weighted by molar-refractivity contribution is 5.99. The summed E-state index contributed by atoms with van der Waals surface area (Å²) in [5.74, 6) is -0.304. The lowest BCUT2D eigenvalue weighted by Gasteiger charge is -2.42. The normalized spacial score (nSPS) is 23.7. The average molecular weight is 450 g/mol. The van der Waals surface area contributed by atoms with E-state index in [1.807, 2.05) is 18.7 Å². The number of morpholine rings is 1. The molecule has 0 N–H and O–H groups in total. The second-order valence-corrected chi connectivity index (χ2v) is 8.31. The smallest absolute Gasteiger partial charge is 0.377 e. The lowest BCUT2D eigenvalue weighted by atomic mass is 10.1. The van der Waals surface area contributed by atoms with E-state index in [0.29, 0.717) is 24.6 Å². The highest BCUT2D eigenvalue weighted by Gasteiger charge is 2.47. The first-order valence-corrected chi connectivity index (χ1v) is 10.6. The van der Waals surface area contributed by atoms with Crippen LogP contribution in [0.3, 0.4) is 0 Å². The van der Waals surface area contributed by atoms with E-state index in [2.05, 4.69) is 4.98 Å². The van der Waals surface area contributed by atoms with E-state index in [1.165, 1.54) is 10.6 Å². The molecule has 172 valence electrons. The summed E-state index contributed by atoms with van der Waals surface area (Å²) in [4.78, 5) is 33.0. The van der Waals surface area contributed by atoms with E-state index < -0.39 is 30.1 Å². The molecule has 0 amide bonds. The number of halogens is 3. The second kappa shape index (κ2) is 8.57. The van der Waals surface area contributed by atoms with Crippen LogP contribution in [-0.2, 0) is 11.3 Å². The van der Waals surface area contributed by atoms with E-state index in [1.54, 1.807) is 30.3 Å². The van der Waals surface area contributed by atoms with Crippen molar-refractivity contribution in [3.8, 4) is 0 Å². The Morgan fingerprint density at radius 1 is 1.16 bits per heavy atom. The number of rotatable bonds is 4. The summed E-state index contributed by atoms with van der Waals surface area (Å²) in [6, 6.07) is 7.39. The van der Waals surface area contributed by atoms with Crippen LogP contribution < -0.4 is 15.4 Å². The Labute approximate surface area is 183 Å². The van der Waals surface area contributed by atoms with Crippen LogP contribution in [0.5, 0.6) is 0 Å². The van der Waals surface area contributed by atoms with Gasteiger partial charge in [-0.25, -0.2) is 0 Å². The number of hydrogen-bond donors (Lipinski definition) is 0. The number of ether oxygens (including phenoxy) is 1. The zero-order chi connectivity index (χ0) is 23.0. The molecule has 0 bridgehead atoms. The Morgan fingerprint density at radius 2 is 1.81 bits per heavy atom. The van der Waals surface area contributed by atoms with E-state index in [-0.39, 0.29) is 31.0 Å². The standard InChI is InChI=1S/C22H25F3N4O3/c1-14-12-32-13-15(2)29(14)19-10-20(31)27-9-8-18(22(23,24)25)28(21(27)26-19)11-17(30)16-6-4-3-5-7-16/h3-7,10,14-15,18H,8-9,11-13H2,1-2H3.